The number of benzene rings is 3. The van der Waals surface area contributed by atoms with Gasteiger partial charge in [0.15, 0.2) is 5.75 Å². The smallest absolute Gasteiger partial charge is 0.339 e. The standard InChI is InChI=1S/C25H20Cl2N2O5S/c1-15-7-9-19(10-8-15)35(31,32)34-24-21(27)12-17(13-23(24)33-3)11-18(14-28)25(30)29-22-6-4-5-20(26)16(22)2/h4-13H,1-3H3,(H,29,30)/b18-11+. The van der Waals surface area contributed by atoms with Gasteiger partial charge in [-0.05, 0) is 67.4 Å². The van der Waals surface area contributed by atoms with Crippen molar-refractivity contribution in [2.45, 2.75) is 18.7 Å². The number of nitrogens with one attached hydrogen (secondary N) is 1. The highest BCUT2D eigenvalue weighted by Crippen LogP contribution is 2.39. The van der Waals surface area contributed by atoms with Gasteiger partial charge in [-0.1, -0.05) is 47.0 Å². The summed E-state index contributed by atoms with van der Waals surface area (Å²) >= 11 is 12.4. The lowest BCUT2D eigenvalue weighted by molar-refractivity contribution is -0.112. The van der Waals surface area contributed by atoms with Gasteiger partial charge in [0.25, 0.3) is 5.91 Å². The summed E-state index contributed by atoms with van der Waals surface area (Å²) in [6.07, 6.45) is 1.29. The van der Waals surface area contributed by atoms with Crippen molar-refractivity contribution in [1.82, 2.24) is 0 Å². The number of aryl methyl sites for hydroxylation is 1. The normalized spacial score (nSPS) is 11.5. The zero-order valence-corrected chi connectivity index (χ0v) is 21.3. The van der Waals surface area contributed by atoms with E-state index < -0.39 is 16.0 Å². The van der Waals surface area contributed by atoms with E-state index in [0.717, 1.165) is 5.56 Å². The fourth-order valence-corrected chi connectivity index (χ4v) is 4.45. The number of nitrogens with zero attached hydrogens (tertiary/aromatic N) is 1. The molecule has 0 spiro atoms. The second-order valence-electron chi connectivity index (χ2n) is 7.42. The second kappa shape index (κ2) is 10.8. The summed E-state index contributed by atoms with van der Waals surface area (Å²) in [4.78, 5) is 12.6. The molecule has 180 valence electrons. The Hall–Kier alpha value is -3.51. The van der Waals surface area contributed by atoms with Gasteiger partial charge in [-0.2, -0.15) is 13.7 Å². The van der Waals surface area contributed by atoms with Gasteiger partial charge in [0, 0.05) is 10.7 Å². The van der Waals surface area contributed by atoms with Crippen LogP contribution in [0.1, 0.15) is 16.7 Å². The van der Waals surface area contributed by atoms with Gasteiger partial charge in [0.2, 0.25) is 5.75 Å². The number of ether oxygens (including phenoxy) is 1. The van der Waals surface area contributed by atoms with Crippen LogP contribution in [0.5, 0.6) is 11.5 Å². The molecule has 0 bridgehead atoms. The van der Waals surface area contributed by atoms with E-state index in [1.165, 1.54) is 37.5 Å². The molecule has 0 aliphatic heterocycles. The number of halogens is 2. The van der Waals surface area contributed by atoms with Gasteiger partial charge in [0.1, 0.15) is 16.5 Å². The number of carbonyl (C=O) groups excluding carboxylic acids is 1. The van der Waals surface area contributed by atoms with E-state index in [4.69, 9.17) is 32.1 Å². The molecule has 0 fully saturated rings. The van der Waals surface area contributed by atoms with Crippen LogP contribution in [0.3, 0.4) is 0 Å². The molecule has 0 saturated carbocycles. The van der Waals surface area contributed by atoms with E-state index in [2.05, 4.69) is 5.32 Å². The van der Waals surface area contributed by atoms with E-state index in [0.29, 0.717) is 21.8 Å². The SMILES string of the molecule is COc1cc(/C=C(\C#N)C(=O)Nc2cccc(Cl)c2C)cc(Cl)c1OS(=O)(=O)c1ccc(C)cc1. The lowest BCUT2D eigenvalue weighted by Gasteiger charge is -2.13. The van der Waals surface area contributed by atoms with Crippen LogP contribution in [0.25, 0.3) is 6.08 Å². The molecular formula is C25H20Cl2N2O5S. The van der Waals surface area contributed by atoms with Crippen LogP contribution in [0.4, 0.5) is 5.69 Å². The predicted octanol–water partition coefficient (Wildman–Crippen LogP) is 5.93. The molecule has 0 unspecified atom stereocenters. The monoisotopic (exact) mass is 530 g/mol. The first-order chi connectivity index (χ1) is 16.6. The number of hydrogen-bond acceptors (Lipinski definition) is 6. The first kappa shape index (κ1) is 26.1. The molecule has 7 nitrogen and oxygen atoms in total. The van der Waals surface area contributed by atoms with Gasteiger partial charge < -0.3 is 14.2 Å². The number of amides is 1. The molecule has 0 heterocycles. The molecule has 3 aromatic rings. The Kier molecular flexibility index (Phi) is 8.07. The minimum atomic E-state index is -4.19. The quantitative estimate of drug-likeness (QED) is 0.230. The van der Waals surface area contributed by atoms with Crippen LogP contribution in [-0.4, -0.2) is 21.4 Å². The Balaban J connectivity index is 1.92. The second-order valence-corrected chi connectivity index (χ2v) is 9.78. The van der Waals surface area contributed by atoms with Gasteiger partial charge in [-0.25, -0.2) is 0 Å². The van der Waals surface area contributed by atoms with E-state index in [1.807, 2.05) is 13.0 Å². The molecule has 1 N–H and O–H groups in total. The van der Waals surface area contributed by atoms with Crippen molar-refractivity contribution in [2.24, 2.45) is 0 Å². The molecule has 0 aliphatic rings. The first-order valence-corrected chi connectivity index (χ1v) is 12.3. The fraction of sp³-hybridized carbons (Fsp3) is 0.120. The Morgan fingerprint density at radius 3 is 2.37 bits per heavy atom. The molecule has 3 aromatic carbocycles. The van der Waals surface area contributed by atoms with Crippen molar-refractivity contribution < 1.29 is 22.1 Å². The molecule has 0 atom stereocenters. The van der Waals surface area contributed by atoms with Crippen LogP contribution in [-0.2, 0) is 14.9 Å². The molecule has 0 aliphatic carbocycles. The fourth-order valence-electron chi connectivity index (χ4n) is 3.01. The summed E-state index contributed by atoms with van der Waals surface area (Å²) in [5, 5.41) is 12.6. The van der Waals surface area contributed by atoms with E-state index in [9.17, 15) is 18.5 Å². The highest BCUT2D eigenvalue weighted by molar-refractivity contribution is 7.87. The van der Waals surface area contributed by atoms with Crippen LogP contribution in [0.2, 0.25) is 10.0 Å². The van der Waals surface area contributed by atoms with Gasteiger partial charge in [-0.15, -0.1) is 0 Å². The highest BCUT2D eigenvalue weighted by Gasteiger charge is 2.22. The molecule has 1 amide bonds. The molecule has 10 heteroatoms. The third-order valence-electron chi connectivity index (χ3n) is 4.95. The number of methoxy groups -OCH3 is 1. The lowest BCUT2D eigenvalue weighted by Crippen LogP contribution is -2.14. The number of hydrogen-bond donors (Lipinski definition) is 1. The van der Waals surface area contributed by atoms with E-state index >= 15 is 0 Å². The van der Waals surface area contributed by atoms with Crippen molar-refractivity contribution in [2.75, 3.05) is 12.4 Å². The average Bonchev–Trinajstić information content (AvgIpc) is 2.82. The summed E-state index contributed by atoms with van der Waals surface area (Å²) in [5.41, 5.74) is 2.11. The van der Waals surface area contributed by atoms with Crippen molar-refractivity contribution in [3.63, 3.8) is 0 Å². The number of rotatable bonds is 7. The van der Waals surface area contributed by atoms with Crippen molar-refractivity contribution in [3.05, 3.63) is 86.9 Å². The van der Waals surface area contributed by atoms with Crippen LogP contribution in [0, 0.1) is 25.2 Å². The summed E-state index contributed by atoms with van der Waals surface area (Å²) in [7, 11) is -2.88. The average molecular weight is 531 g/mol. The topological polar surface area (TPSA) is 105 Å². The maximum absolute atomic E-state index is 12.7. The highest BCUT2D eigenvalue weighted by atomic mass is 35.5. The largest absolute Gasteiger partial charge is 0.493 e. The van der Waals surface area contributed by atoms with Gasteiger partial charge in [-0.3, -0.25) is 4.79 Å². The van der Waals surface area contributed by atoms with E-state index in [-0.39, 0.29) is 27.0 Å². The third-order valence-corrected chi connectivity index (χ3v) is 6.87. The van der Waals surface area contributed by atoms with Crippen LogP contribution in [0.15, 0.2) is 65.1 Å². The molecular weight excluding hydrogens is 511 g/mol. The van der Waals surface area contributed by atoms with Crippen LogP contribution >= 0.6 is 23.2 Å². The minimum absolute atomic E-state index is 0.00261. The maximum atomic E-state index is 12.7. The Morgan fingerprint density at radius 1 is 1.06 bits per heavy atom. The van der Waals surface area contributed by atoms with Crippen molar-refractivity contribution >= 4 is 51.0 Å². The Labute approximate surface area is 213 Å². The van der Waals surface area contributed by atoms with Gasteiger partial charge in [0.05, 0.1) is 12.1 Å². The Morgan fingerprint density at radius 2 is 1.74 bits per heavy atom. The van der Waals surface area contributed by atoms with Crippen LogP contribution < -0.4 is 14.2 Å². The number of nitriles is 1. The zero-order chi connectivity index (χ0) is 25.8. The summed E-state index contributed by atoms with van der Waals surface area (Å²) in [6, 6.07) is 15.8. The molecule has 0 radical (unpaired) electrons. The molecule has 0 saturated heterocycles. The molecule has 0 aromatic heterocycles. The number of carbonyl (C=O) groups is 1. The Bertz CT molecular complexity index is 1460. The lowest BCUT2D eigenvalue weighted by atomic mass is 10.1. The van der Waals surface area contributed by atoms with Crippen molar-refractivity contribution in [3.8, 4) is 17.6 Å². The van der Waals surface area contributed by atoms with Gasteiger partial charge >= 0.3 is 10.1 Å². The summed E-state index contributed by atoms with van der Waals surface area (Å²) < 4.78 is 35.9. The molecule has 35 heavy (non-hydrogen) atoms. The molecule has 3 rings (SSSR count). The van der Waals surface area contributed by atoms with Crippen molar-refractivity contribution in [1.29, 1.82) is 5.26 Å². The third kappa shape index (κ3) is 6.14. The minimum Gasteiger partial charge on any atom is -0.493 e. The summed E-state index contributed by atoms with van der Waals surface area (Å²) in [5.74, 6) is -0.873. The zero-order valence-electron chi connectivity index (χ0n) is 18.9. The first-order valence-electron chi connectivity index (χ1n) is 10.1. The predicted molar refractivity (Wildman–Crippen MR) is 135 cm³/mol. The maximum Gasteiger partial charge on any atom is 0.339 e. The number of anilines is 1. The summed E-state index contributed by atoms with van der Waals surface area (Å²) in [6.45, 7) is 3.57. The van der Waals surface area contributed by atoms with E-state index in [1.54, 1.807) is 37.3 Å².